The van der Waals surface area contributed by atoms with E-state index < -0.39 is 5.97 Å². The Hall–Kier alpha value is -3.70. The van der Waals surface area contributed by atoms with Crippen LogP contribution in [0.3, 0.4) is 0 Å². The van der Waals surface area contributed by atoms with Crippen molar-refractivity contribution in [1.82, 2.24) is 9.97 Å². The quantitative estimate of drug-likeness (QED) is 0.316. The monoisotopic (exact) mass is 415 g/mol. The minimum atomic E-state index is -0.512. The molecule has 0 radical (unpaired) electrons. The van der Waals surface area contributed by atoms with Gasteiger partial charge in [-0.3, -0.25) is 0 Å². The summed E-state index contributed by atoms with van der Waals surface area (Å²) in [7, 11) is 0. The van der Waals surface area contributed by atoms with Gasteiger partial charge in [-0.25, -0.2) is 14.8 Å². The third kappa shape index (κ3) is 4.64. The maximum absolute atomic E-state index is 12.4. The summed E-state index contributed by atoms with van der Waals surface area (Å²) < 4.78 is 5.48. The van der Waals surface area contributed by atoms with Gasteiger partial charge in [-0.1, -0.05) is 60.1 Å². The lowest BCUT2D eigenvalue weighted by Gasteiger charge is -2.11. The van der Waals surface area contributed by atoms with Crippen LogP contribution in [-0.4, -0.2) is 15.9 Å². The van der Waals surface area contributed by atoms with Crippen molar-refractivity contribution in [1.29, 1.82) is 0 Å². The molecule has 0 bridgehead atoms. The maximum atomic E-state index is 12.4. The Labute approximate surface area is 179 Å². The van der Waals surface area contributed by atoms with Gasteiger partial charge in [0, 0.05) is 23.4 Å². The van der Waals surface area contributed by atoms with E-state index >= 15 is 0 Å². The van der Waals surface area contributed by atoms with Crippen molar-refractivity contribution >= 4 is 29.1 Å². The number of esters is 1. The van der Waals surface area contributed by atoms with Crippen LogP contribution in [0.1, 0.15) is 16.2 Å². The van der Waals surface area contributed by atoms with E-state index in [0.29, 0.717) is 28.0 Å². The molecule has 0 aliphatic carbocycles. The van der Waals surface area contributed by atoms with E-state index in [1.165, 1.54) is 0 Å². The van der Waals surface area contributed by atoms with Crippen LogP contribution in [0.2, 0.25) is 5.02 Å². The fraction of sp³-hybridized carbons (Fsp3) is 0.0417. The van der Waals surface area contributed by atoms with Gasteiger partial charge in [0.2, 0.25) is 0 Å². The third-order valence-corrected chi connectivity index (χ3v) is 4.65. The van der Waals surface area contributed by atoms with Crippen LogP contribution in [0, 0.1) is 6.92 Å². The summed E-state index contributed by atoms with van der Waals surface area (Å²) in [6.07, 6.45) is 0. The predicted molar refractivity (Wildman–Crippen MR) is 118 cm³/mol. The molecule has 0 unspecified atom stereocenters. The smallest absolute Gasteiger partial charge is 0.345 e. The zero-order valence-electron chi connectivity index (χ0n) is 16.2. The van der Waals surface area contributed by atoms with Crippen LogP contribution in [0.15, 0.2) is 84.9 Å². The molecule has 1 heterocycles. The molecule has 1 N–H and O–H groups in total. The van der Waals surface area contributed by atoms with E-state index in [9.17, 15) is 4.79 Å². The van der Waals surface area contributed by atoms with Crippen molar-refractivity contribution in [2.45, 2.75) is 6.92 Å². The number of nitrogens with zero attached hydrogens (tertiary/aromatic N) is 2. The van der Waals surface area contributed by atoms with Gasteiger partial charge in [-0.15, -0.1) is 0 Å². The molecule has 0 aliphatic heterocycles. The van der Waals surface area contributed by atoms with Gasteiger partial charge >= 0.3 is 5.97 Å². The number of hydrogen-bond acceptors (Lipinski definition) is 5. The largest absolute Gasteiger partial charge is 0.423 e. The molecule has 1 aromatic heterocycles. The number of benzene rings is 3. The second-order valence-corrected chi connectivity index (χ2v) is 6.98. The van der Waals surface area contributed by atoms with E-state index in [-0.39, 0.29) is 0 Å². The molecular formula is C24H18ClN3O2. The van der Waals surface area contributed by atoms with Gasteiger partial charge < -0.3 is 10.1 Å². The van der Waals surface area contributed by atoms with Gasteiger partial charge in [0.25, 0.3) is 0 Å². The average Bonchev–Trinajstić information content (AvgIpc) is 2.74. The highest BCUT2D eigenvalue weighted by molar-refractivity contribution is 6.33. The number of halogens is 1. The van der Waals surface area contributed by atoms with Crippen LogP contribution >= 0.6 is 11.6 Å². The molecule has 0 fully saturated rings. The number of nitrogens with one attached hydrogen (secondary N) is 1. The first kappa shape index (κ1) is 19.6. The number of anilines is 2. The number of aryl methyl sites for hydroxylation is 1. The van der Waals surface area contributed by atoms with Crippen LogP contribution in [-0.2, 0) is 0 Å². The van der Waals surface area contributed by atoms with Gasteiger partial charge in [0.1, 0.15) is 17.4 Å². The van der Waals surface area contributed by atoms with Gasteiger partial charge in [0.15, 0.2) is 0 Å². The Balaban J connectivity index is 1.54. The summed E-state index contributed by atoms with van der Waals surface area (Å²) in [6, 6.07) is 25.7. The molecule has 6 heteroatoms. The highest BCUT2D eigenvalue weighted by atomic mass is 35.5. The van der Waals surface area contributed by atoms with Gasteiger partial charge in [-0.2, -0.15) is 0 Å². The van der Waals surface area contributed by atoms with E-state index in [0.717, 1.165) is 16.9 Å². The first-order chi connectivity index (χ1) is 14.6. The van der Waals surface area contributed by atoms with Crippen LogP contribution in [0.5, 0.6) is 5.75 Å². The van der Waals surface area contributed by atoms with E-state index in [4.69, 9.17) is 16.3 Å². The molecule has 30 heavy (non-hydrogen) atoms. The molecule has 0 atom stereocenters. The second kappa shape index (κ2) is 8.76. The topological polar surface area (TPSA) is 64.1 Å². The van der Waals surface area contributed by atoms with Crippen molar-refractivity contribution < 1.29 is 9.53 Å². The van der Waals surface area contributed by atoms with E-state index in [1.807, 2.05) is 49.4 Å². The zero-order valence-corrected chi connectivity index (χ0v) is 16.9. The molecule has 0 saturated carbocycles. The van der Waals surface area contributed by atoms with Gasteiger partial charge in [-0.05, 0) is 31.2 Å². The Morgan fingerprint density at radius 2 is 1.67 bits per heavy atom. The van der Waals surface area contributed by atoms with Crippen LogP contribution in [0.25, 0.3) is 11.3 Å². The minimum Gasteiger partial charge on any atom is -0.423 e. The Morgan fingerprint density at radius 1 is 0.900 bits per heavy atom. The fourth-order valence-corrected chi connectivity index (χ4v) is 3.18. The maximum Gasteiger partial charge on any atom is 0.345 e. The summed E-state index contributed by atoms with van der Waals surface area (Å²) in [5.41, 5.74) is 2.88. The highest BCUT2D eigenvalue weighted by Gasteiger charge is 2.12. The van der Waals surface area contributed by atoms with E-state index in [2.05, 4.69) is 15.3 Å². The van der Waals surface area contributed by atoms with Crippen LogP contribution in [0.4, 0.5) is 11.5 Å². The molecule has 148 valence electrons. The SMILES string of the molecule is Cc1nc(Nc2cccc(OC(=O)c3ccccc3Cl)c2)cc(-c2ccccc2)n1. The predicted octanol–water partition coefficient (Wildman–Crippen LogP) is 6.07. The van der Waals surface area contributed by atoms with Crippen molar-refractivity contribution in [3.8, 4) is 17.0 Å². The van der Waals surface area contributed by atoms with Gasteiger partial charge in [0.05, 0.1) is 16.3 Å². The third-order valence-electron chi connectivity index (χ3n) is 4.32. The first-order valence-electron chi connectivity index (χ1n) is 9.33. The fourth-order valence-electron chi connectivity index (χ4n) is 2.96. The number of aromatic nitrogens is 2. The molecule has 3 aromatic carbocycles. The van der Waals surface area contributed by atoms with Crippen molar-refractivity contribution in [3.63, 3.8) is 0 Å². The van der Waals surface area contributed by atoms with E-state index in [1.54, 1.807) is 42.5 Å². The summed E-state index contributed by atoms with van der Waals surface area (Å²) in [6.45, 7) is 1.85. The number of carbonyl (C=O) groups is 1. The normalized spacial score (nSPS) is 10.5. The Kier molecular flexibility index (Phi) is 5.72. The molecule has 0 spiro atoms. The summed E-state index contributed by atoms with van der Waals surface area (Å²) in [4.78, 5) is 21.4. The molecule has 4 aromatic rings. The molecule has 0 amide bonds. The lowest BCUT2D eigenvalue weighted by Crippen LogP contribution is -2.09. The highest BCUT2D eigenvalue weighted by Crippen LogP contribution is 2.25. The molecule has 4 rings (SSSR count). The van der Waals surface area contributed by atoms with Crippen molar-refractivity contribution in [2.75, 3.05) is 5.32 Å². The lowest BCUT2D eigenvalue weighted by molar-refractivity contribution is 0.0735. The number of hydrogen-bond donors (Lipinski definition) is 1. The second-order valence-electron chi connectivity index (χ2n) is 6.57. The Morgan fingerprint density at radius 3 is 2.47 bits per heavy atom. The lowest BCUT2D eigenvalue weighted by atomic mass is 10.1. The standard InChI is InChI=1S/C24H18ClN3O2/c1-16-26-22(17-8-3-2-4-9-17)15-23(27-16)28-18-10-7-11-19(14-18)30-24(29)20-12-5-6-13-21(20)25/h2-15H,1H3,(H,26,27,28). The number of carbonyl (C=O) groups excluding carboxylic acids is 1. The van der Waals surface area contributed by atoms with Crippen LogP contribution < -0.4 is 10.1 Å². The summed E-state index contributed by atoms with van der Waals surface area (Å²) in [5, 5.41) is 3.60. The molecular weight excluding hydrogens is 398 g/mol. The summed E-state index contributed by atoms with van der Waals surface area (Å²) >= 11 is 6.08. The average molecular weight is 416 g/mol. The van der Waals surface area contributed by atoms with Crippen molar-refractivity contribution in [2.24, 2.45) is 0 Å². The Bertz CT molecular complexity index is 1200. The number of rotatable bonds is 5. The number of ether oxygens (including phenoxy) is 1. The van der Waals surface area contributed by atoms with Crippen molar-refractivity contribution in [3.05, 3.63) is 101 Å². The first-order valence-corrected chi connectivity index (χ1v) is 9.71. The zero-order chi connectivity index (χ0) is 20.9. The molecule has 0 aliphatic rings. The molecule has 0 saturated heterocycles. The summed E-state index contributed by atoms with van der Waals surface area (Å²) in [5.74, 6) is 1.19. The molecule has 5 nitrogen and oxygen atoms in total. The minimum absolute atomic E-state index is 0.316.